The Bertz CT molecular complexity index is 3420. The van der Waals surface area contributed by atoms with Crippen LogP contribution in [0.15, 0.2) is 258 Å². The average Bonchev–Trinajstić information content (AvgIpc) is 3.94. The molecule has 12 rings (SSSR count). The SMILES string of the molecule is c1ccc(N(c2ccccc2)c2cc(N(c3ccccc3)c3ccccc3)cc(N(c3ccc(-c4cccc5c4oc4ccccc45)cc3)c3ccc4oc5ccccc5c4c3)c2)cc1. The van der Waals surface area contributed by atoms with Crippen LogP contribution in [0.25, 0.3) is 55.0 Å². The number of benzene rings is 10. The number of furan rings is 2. The molecule has 2 heterocycles. The Hall–Kier alpha value is -8.80. The van der Waals surface area contributed by atoms with E-state index in [1.165, 1.54) is 0 Å². The zero-order valence-electron chi connectivity index (χ0n) is 35.3. The van der Waals surface area contributed by atoms with Gasteiger partial charge in [-0.3, -0.25) is 0 Å². The standard InChI is InChI=1S/C60H41N3O2/c1-5-18-43(19-6-1)61(44-20-7-2-8-21-44)49-38-50(62(45-22-9-3-10-23-45)46-24-11-4-12-25-46)40-51(39-49)63(48-36-37-59-56(41-48)54-27-14-15-30-57(54)64-59)47-34-32-42(33-35-47)52-28-17-29-55-53-26-13-16-31-58(53)65-60(52)55/h1-41H. The van der Waals surface area contributed by atoms with E-state index in [-0.39, 0.29) is 0 Å². The topological polar surface area (TPSA) is 36.0 Å². The summed E-state index contributed by atoms with van der Waals surface area (Å²) >= 11 is 0. The van der Waals surface area contributed by atoms with Crippen LogP contribution in [0.2, 0.25) is 0 Å². The van der Waals surface area contributed by atoms with Gasteiger partial charge in [0.15, 0.2) is 0 Å². The molecule has 2 aromatic heterocycles. The van der Waals surface area contributed by atoms with Gasteiger partial charge in [0.2, 0.25) is 0 Å². The highest BCUT2D eigenvalue weighted by Gasteiger charge is 2.23. The highest BCUT2D eigenvalue weighted by molar-refractivity contribution is 6.10. The summed E-state index contributed by atoms with van der Waals surface area (Å²) in [7, 11) is 0. The molecule has 12 aromatic rings. The molecule has 5 heteroatoms. The lowest BCUT2D eigenvalue weighted by Crippen LogP contribution is -2.16. The van der Waals surface area contributed by atoms with Gasteiger partial charge in [0.1, 0.15) is 22.3 Å². The molecule has 0 saturated heterocycles. The number of para-hydroxylation sites is 7. The molecule has 0 aliphatic carbocycles. The van der Waals surface area contributed by atoms with Crippen LogP contribution in [0.1, 0.15) is 0 Å². The molecule has 0 amide bonds. The van der Waals surface area contributed by atoms with Crippen molar-refractivity contribution in [3.05, 3.63) is 249 Å². The minimum absolute atomic E-state index is 0.845. The fourth-order valence-corrected chi connectivity index (χ4v) is 9.23. The molecule has 0 atom stereocenters. The van der Waals surface area contributed by atoms with Gasteiger partial charge in [-0.2, -0.15) is 0 Å². The minimum Gasteiger partial charge on any atom is -0.456 e. The molecule has 5 nitrogen and oxygen atoms in total. The molecule has 0 saturated carbocycles. The van der Waals surface area contributed by atoms with E-state index in [4.69, 9.17) is 8.83 Å². The van der Waals surface area contributed by atoms with Gasteiger partial charge >= 0.3 is 0 Å². The summed E-state index contributed by atoms with van der Waals surface area (Å²) in [6.45, 7) is 0. The summed E-state index contributed by atoms with van der Waals surface area (Å²) in [5.41, 5.74) is 14.8. The molecule has 0 aliphatic heterocycles. The lowest BCUT2D eigenvalue weighted by Gasteiger charge is -2.33. The van der Waals surface area contributed by atoms with Gasteiger partial charge < -0.3 is 23.5 Å². The Kier molecular flexibility index (Phi) is 9.42. The van der Waals surface area contributed by atoms with Gasteiger partial charge in [-0.05, 0) is 115 Å². The monoisotopic (exact) mass is 835 g/mol. The van der Waals surface area contributed by atoms with E-state index >= 15 is 0 Å². The van der Waals surface area contributed by atoms with Crippen LogP contribution < -0.4 is 14.7 Å². The van der Waals surface area contributed by atoms with Crippen LogP contribution in [-0.2, 0) is 0 Å². The maximum Gasteiger partial charge on any atom is 0.143 e. The molecular weight excluding hydrogens is 795 g/mol. The second kappa shape index (κ2) is 16.2. The first-order valence-electron chi connectivity index (χ1n) is 21.9. The Morgan fingerprint density at radius 2 is 0.615 bits per heavy atom. The molecular formula is C60H41N3O2. The third kappa shape index (κ3) is 6.93. The van der Waals surface area contributed by atoms with Crippen molar-refractivity contribution in [1.82, 2.24) is 0 Å². The lowest BCUT2D eigenvalue weighted by atomic mass is 10.0. The van der Waals surface area contributed by atoms with Crippen LogP contribution in [-0.4, -0.2) is 0 Å². The number of fused-ring (bicyclic) bond motifs is 6. The molecule has 65 heavy (non-hydrogen) atoms. The van der Waals surface area contributed by atoms with Crippen molar-refractivity contribution >= 4 is 95.1 Å². The van der Waals surface area contributed by atoms with Crippen LogP contribution in [0.4, 0.5) is 51.2 Å². The maximum atomic E-state index is 6.51. The number of rotatable bonds is 10. The third-order valence-electron chi connectivity index (χ3n) is 12.2. The highest BCUT2D eigenvalue weighted by atomic mass is 16.3. The van der Waals surface area contributed by atoms with Gasteiger partial charge in [0.05, 0.1) is 17.1 Å². The van der Waals surface area contributed by atoms with Gasteiger partial charge in [0.25, 0.3) is 0 Å². The Labute approximate surface area is 376 Å². The predicted octanol–water partition coefficient (Wildman–Crippen LogP) is 17.6. The van der Waals surface area contributed by atoms with E-state index < -0.39 is 0 Å². The van der Waals surface area contributed by atoms with Gasteiger partial charge in [0, 0.05) is 61.2 Å². The molecule has 0 N–H and O–H groups in total. The predicted molar refractivity (Wildman–Crippen MR) is 270 cm³/mol. The van der Waals surface area contributed by atoms with E-state index in [9.17, 15) is 0 Å². The largest absolute Gasteiger partial charge is 0.456 e. The van der Waals surface area contributed by atoms with E-state index in [1.807, 2.05) is 24.3 Å². The van der Waals surface area contributed by atoms with E-state index in [2.05, 4.69) is 239 Å². The average molecular weight is 836 g/mol. The van der Waals surface area contributed by atoms with E-state index in [1.54, 1.807) is 0 Å². The molecule has 0 bridgehead atoms. The second-order valence-electron chi connectivity index (χ2n) is 16.2. The van der Waals surface area contributed by atoms with Crippen molar-refractivity contribution in [3.63, 3.8) is 0 Å². The smallest absolute Gasteiger partial charge is 0.143 e. The van der Waals surface area contributed by atoms with Gasteiger partial charge in [-0.15, -0.1) is 0 Å². The van der Waals surface area contributed by atoms with Crippen molar-refractivity contribution in [1.29, 1.82) is 0 Å². The van der Waals surface area contributed by atoms with Crippen LogP contribution in [0.5, 0.6) is 0 Å². The van der Waals surface area contributed by atoms with Gasteiger partial charge in [-0.25, -0.2) is 0 Å². The highest BCUT2D eigenvalue weighted by Crippen LogP contribution is 2.47. The van der Waals surface area contributed by atoms with Crippen molar-refractivity contribution in [2.75, 3.05) is 14.7 Å². The molecule has 0 unspecified atom stereocenters. The summed E-state index contributed by atoms with van der Waals surface area (Å²) in [6.07, 6.45) is 0. The van der Waals surface area contributed by atoms with E-state index in [0.29, 0.717) is 0 Å². The molecule has 0 aliphatic rings. The van der Waals surface area contributed by atoms with Crippen LogP contribution in [0.3, 0.4) is 0 Å². The number of hydrogen-bond donors (Lipinski definition) is 0. The van der Waals surface area contributed by atoms with E-state index in [0.717, 1.165) is 106 Å². The minimum atomic E-state index is 0.845. The maximum absolute atomic E-state index is 6.51. The van der Waals surface area contributed by atoms with Gasteiger partial charge in [-0.1, -0.05) is 140 Å². The summed E-state index contributed by atoms with van der Waals surface area (Å²) in [6, 6.07) is 87.6. The summed E-state index contributed by atoms with van der Waals surface area (Å²) < 4.78 is 12.9. The van der Waals surface area contributed by atoms with Crippen LogP contribution >= 0.6 is 0 Å². The summed E-state index contributed by atoms with van der Waals surface area (Å²) in [4.78, 5) is 7.04. The lowest BCUT2D eigenvalue weighted by molar-refractivity contribution is 0.669. The van der Waals surface area contributed by atoms with Crippen LogP contribution in [0, 0.1) is 0 Å². The number of anilines is 9. The molecule has 0 spiro atoms. The third-order valence-corrected chi connectivity index (χ3v) is 12.2. The van der Waals surface area contributed by atoms with Crippen molar-refractivity contribution < 1.29 is 8.83 Å². The first kappa shape index (κ1) is 37.9. The molecule has 10 aromatic carbocycles. The van der Waals surface area contributed by atoms with Crippen molar-refractivity contribution in [3.8, 4) is 11.1 Å². The zero-order valence-corrected chi connectivity index (χ0v) is 35.3. The molecule has 0 fully saturated rings. The molecule has 308 valence electrons. The number of hydrogen-bond acceptors (Lipinski definition) is 5. The number of nitrogens with zero attached hydrogens (tertiary/aromatic N) is 3. The Balaban J connectivity index is 1.11. The summed E-state index contributed by atoms with van der Waals surface area (Å²) in [5.74, 6) is 0. The first-order chi connectivity index (χ1) is 32.2. The summed E-state index contributed by atoms with van der Waals surface area (Å²) in [5, 5.41) is 4.35. The Morgan fingerprint density at radius 3 is 1.14 bits per heavy atom. The molecule has 0 radical (unpaired) electrons. The normalized spacial score (nSPS) is 11.4. The van der Waals surface area contributed by atoms with Crippen molar-refractivity contribution in [2.45, 2.75) is 0 Å². The zero-order chi connectivity index (χ0) is 43.1. The quantitative estimate of drug-likeness (QED) is 0.137. The first-order valence-corrected chi connectivity index (χ1v) is 21.9. The Morgan fingerprint density at radius 1 is 0.231 bits per heavy atom. The fourth-order valence-electron chi connectivity index (χ4n) is 9.23. The fraction of sp³-hybridized carbons (Fsp3) is 0. The second-order valence-corrected chi connectivity index (χ2v) is 16.2. The van der Waals surface area contributed by atoms with Crippen molar-refractivity contribution in [2.24, 2.45) is 0 Å².